The van der Waals surface area contributed by atoms with Crippen LogP contribution in [0, 0.1) is 10.1 Å². The Bertz CT molecular complexity index is 929. The van der Waals surface area contributed by atoms with Crippen LogP contribution < -0.4 is 10.7 Å². The van der Waals surface area contributed by atoms with Gasteiger partial charge in [0, 0.05) is 23.4 Å². The number of halogens is 3. The summed E-state index contributed by atoms with van der Waals surface area (Å²) in [4.78, 5) is 33.5. The minimum atomic E-state index is -4.56. The Labute approximate surface area is 156 Å². The topological polar surface area (TPSA) is 114 Å². The second kappa shape index (κ2) is 8.75. The summed E-state index contributed by atoms with van der Waals surface area (Å²) in [7, 11) is 0. The number of non-ortho nitro benzene ring substituents is 1. The number of amides is 2. The van der Waals surface area contributed by atoms with E-state index in [0.29, 0.717) is 5.56 Å². The average molecular weight is 394 g/mol. The number of rotatable bonds is 6. The standard InChI is InChI=1S/C17H13F3N4O4/c18-17(19,20)12-4-2-5-13(8-12)22-15(25)9-16(26)23-21-10-11-3-1-6-14(7-11)24(27)28/h1-8,10H,9H2,(H,22,25)(H,23,26)/b21-10+. The molecule has 0 atom stereocenters. The van der Waals surface area contributed by atoms with Crippen LogP contribution in [0.4, 0.5) is 24.5 Å². The van der Waals surface area contributed by atoms with Crippen LogP contribution in [-0.2, 0) is 15.8 Å². The molecule has 2 aromatic rings. The molecule has 0 aliphatic rings. The number of hydrazone groups is 1. The van der Waals surface area contributed by atoms with Crippen LogP contribution >= 0.6 is 0 Å². The summed E-state index contributed by atoms with van der Waals surface area (Å²) in [6.07, 6.45) is -4.09. The summed E-state index contributed by atoms with van der Waals surface area (Å²) < 4.78 is 37.9. The molecule has 0 bridgehead atoms. The zero-order valence-electron chi connectivity index (χ0n) is 14.1. The third kappa shape index (κ3) is 6.20. The highest BCUT2D eigenvalue weighted by Gasteiger charge is 2.30. The number of nitro benzene ring substituents is 1. The molecule has 2 N–H and O–H groups in total. The van der Waals surface area contributed by atoms with Gasteiger partial charge >= 0.3 is 6.18 Å². The number of carbonyl (C=O) groups is 2. The van der Waals surface area contributed by atoms with Gasteiger partial charge < -0.3 is 5.32 Å². The van der Waals surface area contributed by atoms with Crippen LogP contribution in [0.25, 0.3) is 0 Å². The van der Waals surface area contributed by atoms with E-state index in [0.717, 1.165) is 24.4 Å². The predicted octanol–water partition coefficient (Wildman–Crippen LogP) is 3.09. The number of nitrogens with zero attached hydrogens (tertiary/aromatic N) is 2. The van der Waals surface area contributed by atoms with Crippen LogP contribution in [0.15, 0.2) is 53.6 Å². The van der Waals surface area contributed by atoms with Crippen LogP contribution in [0.2, 0.25) is 0 Å². The number of hydrogen-bond donors (Lipinski definition) is 2. The summed E-state index contributed by atoms with van der Waals surface area (Å²) in [6, 6.07) is 9.45. The van der Waals surface area contributed by atoms with Crippen molar-refractivity contribution in [3.63, 3.8) is 0 Å². The first-order valence-electron chi connectivity index (χ1n) is 7.68. The van der Waals surface area contributed by atoms with Gasteiger partial charge in [0.05, 0.1) is 16.7 Å². The fourth-order valence-corrected chi connectivity index (χ4v) is 2.06. The van der Waals surface area contributed by atoms with Gasteiger partial charge in [0.2, 0.25) is 11.8 Å². The summed E-state index contributed by atoms with van der Waals surface area (Å²) in [5.74, 6) is -1.64. The molecule has 0 aliphatic heterocycles. The number of anilines is 1. The van der Waals surface area contributed by atoms with Crippen molar-refractivity contribution in [3.8, 4) is 0 Å². The van der Waals surface area contributed by atoms with Crippen molar-refractivity contribution in [1.29, 1.82) is 0 Å². The maximum Gasteiger partial charge on any atom is 0.416 e. The van der Waals surface area contributed by atoms with Gasteiger partial charge in [0.25, 0.3) is 5.69 Å². The smallest absolute Gasteiger partial charge is 0.326 e. The number of carbonyl (C=O) groups excluding carboxylic acids is 2. The van der Waals surface area contributed by atoms with Crippen LogP contribution in [0.5, 0.6) is 0 Å². The van der Waals surface area contributed by atoms with Gasteiger partial charge in [0.15, 0.2) is 0 Å². The molecule has 11 heteroatoms. The van der Waals surface area contributed by atoms with Crippen molar-refractivity contribution in [2.24, 2.45) is 5.10 Å². The largest absolute Gasteiger partial charge is 0.416 e. The summed E-state index contributed by atoms with van der Waals surface area (Å²) in [5.41, 5.74) is 1.21. The molecule has 0 unspecified atom stereocenters. The summed E-state index contributed by atoms with van der Waals surface area (Å²) in [5, 5.41) is 16.4. The van der Waals surface area contributed by atoms with Gasteiger partial charge in [0.1, 0.15) is 6.42 Å². The lowest BCUT2D eigenvalue weighted by atomic mass is 10.2. The lowest BCUT2D eigenvalue weighted by Crippen LogP contribution is -2.24. The Kier molecular flexibility index (Phi) is 6.42. The van der Waals surface area contributed by atoms with Gasteiger partial charge in [-0.2, -0.15) is 18.3 Å². The van der Waals surface area contributed by atoms with Crippen LogP contribution in [0.3, 0.4) is 0 Å². The molecule has 0 saturated carbocycles. The Balaban J connectivity index is 1.88. The Morgan fingerprint density at radius 1 is 1.11 bits per heavy atom. The van der Waals surface area contributed by atoms with E-state index in [1.807, 2.05) is 0 Å². The molecule has 0 saturated heterocycles. The maximum atomic E-state index is 12.6. The van der Waals surface area contributed by atoms with Crippen molar-refractivity contribution < 1.29 is 27.7 Å². The summed E-state index contributed by atoms with van der Waals surface area (Å²) >= 11 is 0. The highest BCUT2D eigenvalue weighted by Crippen LogP contribution is 2.30. The van der Waals surface area contributed by atoms with Gasteiger partial charge in [-0.1, -0.05) is 18.2 Å². The predicted molar refractivity (Wildman–Crippen MR) is 93.5 cm³/mol. The molecular formula is C17H13F3N4O4. The van der Waals surface area contributed by atoms with Crippen molar-refractivity contribution in [1.82, 2.24) is 5.43 Å². The Hall–Kier alpha value is -3.76. The van der Waals surface area contributed by atoms with Gasteiger partial charge in [-0.05, 0) is 18.2 Å². The first-order valence-corrected chi connectivity index (χ1v) is 7.68. The minimum absolute atomic E-state index is 0.104. The van der Waals surface area contributed by atoms with Crippen molar-refractivity contribution in [2.75, 3.05) is 5.32 Å². The quantitative estimate of drug-likeness (QED) is 0.339. The molecular weight excluding hydrogens is 381 g/mol. The molecule has 0 aliphatic carbocycles. The zero-order chi connectivity index (χ0) is 20.7. The fourth-order valence-electron chi connectivity index (χ4n) is 2.06. The molecule has 2 aromatic carbocycles. The molecule has 28 heavy (non-hydrogen) atoms. The molecule has 2 rings (SSSR count). The van der Waals surface area contributed by atoms with Gasteiger partial charge in [-0.15, -0.1) is 0 Å². The van der Waals surface area contributed by atoms with Gasteiger partial charge in [-0.25, -0.2) is 5.43 Å². The van der Waals surface area contributed by atoms with Crippen molar-refractivity contribution in [2.45, 2.75) is 12.6 Å². The molecule has 0 radical (unpaired) electrons. The van der Waals surface area contributed by atoms with E-state index >= 15 is 0 Å². The zero-order valence-corrected chi connectivity index (χ0v) is 14.1. The lowest BCUT2D eigenvalue weighted by Gasteiger charge is -2.09. The first kappa shape index (κ1) is 20.6. The molecule has 0 aromatic heterocycles. The van der Waals surface area contributed by atoms with E-state index in [-0.39, 0.29) is 11.4 Å². The fraction of sp³-hybridized carbons (Fsp3) is 0.118. The van der Waals surface area contributed by atoms with Crippen LogP contribution in [-0.4, -0.2) is 23.0 Å². The van der Waals surface area contributed by atoms with Crippen LogP contribution in [0.1, 0.15) is 17.5 Å². The average Bonchev–Trinajstić information content (AvgIpc) is 2.61. The molecule has 2 amide bonds. The van der Waals surface area contributed by atoms with Gasteiger partial charge in [-0.3, -0.25) is 19.7 Å². The molecule has 146 valence electrons. The lowest BCUT2D eigenvalue weighted by molar-refractivity contribution is -0.384. The third-order valence-electron chi connectivity index (χ3n) is 3.28. The first-order chi connectivity index (χ1) is 13.1. The second-order valence-electron chi connectivity index (χ2n) is 5.45. The highest BCUT2D eigenvalue weighted by atomic mass is 19.4. The third-order valence-corrected chi connectivity index (χ3v) is 3.28. The number of hydrogen-bond acceptors (Lipinski definition) is 5. The SMILES string of the molecule is O=C(CC(=O)Nc1cccc(C(F)(F)F)c1)N/N=C/c1cccc([N+](=O)[O-])c1. The number of benzene rings is 2. The molecule has 0 spiro atoms. The number of nitro groups is 1. The second-order valence-corrected chi connectivity index (χ2v) is 5.45. The minimum Gasteiger partial charge on any atom is -0.326 e. The van der Waals surface area contributed by atoms with E-state index in [2.05, 4.69) is 15.8 Å². The maximum absolute atomic E-state index is 12.6. The van der Waals surface area contributed by atoms with Crippen molar-refractivity contribution >= 4 is 29.4 Å². The molecule has 0 heterocycles. The normalized spacial score (nSPS) is 11.2. The van der Waals surface area contributed by atoms with Crippen molar-refractivity contribution in [3.05, 3.63) is 69.8 Å². The van der Waals surface area contributed by atoms with E-state index in [4.69, 9.17) is 0 Å². The molecule has 0 fully saturated rings. The van der Waals surface area contributed by atoms with E-state index in [1.165, 1.54) is 30.3 Å². The monoisotopic (exact) mass is 394 g/mol. The van der Waals surface area contributed by atoms with E-state index in [1.54, 1.807) is 0 Å². The van der Waals surface area contributed by atoms with E-state index < -0.39 is 34.9 Å². The van der Waals surface area contributed by atoms with E-state index in [9.17, 15) is 32.9 Å². The Morgan fingerprint density at radius 3 is 2.50 bits per heavy atom. The number of nitrogens with one attached hydrogen (secondary N) is 2. The Morgan fingerprint density at radius 2 is 1.82 bits per heavy atom. The summed E-state index contributed by atoms with van der Waals surface area (Å²) in [6.45, 7) is 0. The highest BCUT2D eigenvalue weighted by molar-refractivity contribution is 6.03. The molecule has 8 nitrogen and oxygen atoms in total. The number of alkyl halides is 3.